The molecule has 0 aromatic carbocycles. The average Bonchev–Trinajstić information content (AvgIpc) is 2.40. The summed E-state index contributed by atoms with van der Waals surface area (Å²) in [6.45, 7) is 1.70. The Balaban J connectivity index is 1.89. The monoisotopic (exact) mass is 270 g/mol. The summed E-state index contributed by atoms with van der Waals surface area (Å²) in [4.78, 5) is 6.49. The van der Waals surface area contributed by atoms with Gasteiger partial charge in [0, 0.05) is 19.3 Å². The van der Waals surface area contributed by atoms with Crippen molar-refractivity contribution >= 4 is 15.9 Å². The summed E-state index contributed by atoms with van der Waals surface area (Å²) >= 11 is 0. The molecule has 1 fully saturated rings. The van der Waals surface area contributed by atoms with E-state index in [2.05, 4.69) is 14.1 Å². The van der Waals surface area contributed by atoms with Crippen LogP contribution >= 0.6 is 0 Å². The minimum Gasteiger partial charge on any atom is -0.357 e. The van der Waals surface area contributed by atoms with Crippen LogP contribution < -0.4 is 4.90 Å². The second-order valence-corrected chi connectivity index (χ2v) is 6.29. The molecule has 0 bridgehead atoms. The highest BCUT2D eigenvalue weighted by Crippen LogP contribution is 2.22. The number of aromatic nitrogens is 1. The summed E-state index contributed by atoms with van der Waals surface area (Å²) in [7, 11) is -2.11. The van der Waals surface area contributed by atoms with Crippen LogP contribution in [0.5, 0.6) is 0 Å². The number of hydrogen-bond acceptors (Lipinski definition) is 5. The quantitative estimate of drug-likeness (QED) is 0.771. The van der Waals surface area contributed by atoms with Crippen LogP contribution in [0.3, 0.4) is 0 Å². The van der Waals surface area contributed by atoms with Gasteiger partial charge in [0.1, 0.15) is 5.82 Å². The van der Waals surface area contributed by atoms with Gasteiger partial charge in [-0.25, -0.2) is 4.98 Å². The average molecular weight is 270 g/mol. The fourth-order valence-corrected chi connectivity index (χ4v) is 3.27. The molecule has 2 heterocycles. The molecular formula is C12H18N2O3S. The van der Waals surface area contributed by atoms with Crippen LogP contribution in [-0.4, -0.2) is 39.4 Å². The summed E-state index contributed by atoms with van der Waals surface area (Å²) in [5, 5.41) is 0. The zero-order valence-corrected chi connectivity index (χ0v) is 11.3. The van der Waals surface area contributed by atoms with Crippen molar-refractivity contribution in [2.24, 2.45) is 5.92 Å². The maximum atomic E-state index is 11.4. The van der Waals surface area contributed by atoms with Gasteiger partial charge in [-0.1, -0.05) is 6.07 Å². The standard InChI is InChI=1S/C12H18N2O3S/c1-17-18(15,16)10-11-5-8-14(9-6-11)12-4-2-3-7-13-12/h2-4,7,11H,5-6,8-10H2,1H3. The summed E-state index contributed by atoms with van der Waals surface area (Å²) < 4.78 is 27.2. The molecule has 0 atom stereocenters. The van der Waals surface area contributed by atoms with Crippen molar-refractivity contribution in [1.82, 2.24) is 4.98 Å². The van der Waals surface area contributed by atoms with E-state index in [1.54, 1.807) is 6.20 Å². The van der Waals surface area contributed by atoms with E-state index in [-0.39, 0.29) is 11.7 Å². The van der Waals surface area contributed by atoms with Crippen LogP contribution in [0.25, 0.3) is 0 Å². The highest BCUT2D eigenvalue weighted by atomic mass is 32.2. The van der Waals surface area contributed by atoms with Crippen molar-refractivity contribution in [2.75, 3.05) is 30.9 Å². The maximum absolute atomic E-state index is 11.4. The normalized spacial score (nSPS) is 17.9. The fourth-order valence-electron chi connectivity index (χ4n) is 2.23. The second kappa shape index (κ2) is 5.67. The van der Waals surface area contributed by atoms with Gasteiger partial charge in [0.05, 0.1) is 12.9 Å². The molecule has 0 unspecified atom stereocenters. The number of rotatable bonds is 4. The molecule has 0 amide bonds. The van der Waals surface area contributed by atoms with Gasteiger partial charge in [-0.15, -0.1) is 0 Å². The molecule has 1 aliphatic rings. The number of nitrogens with zero attached hydrogens (tertiary/aromatic N) is 2. The van der Waals surface area contributed by atoms with Crippen LogP contribution in [0.15, 0.2) is 24.4 Å². The molecule has 0 spiro atoms. The first-order valence-corrected chi connectivity index (χ1v) is 7.63. The van der Waals surface area contributed by atoms with Gasteiger partial charge in [0.25, 0.3) is 10.1 Å². The molecule has 2 rings (SSSR count). The van der Waals surface area contributed by atoms with Crippen LogP contribution in [0, 0.1) is 5.92 Å². The lowest BCUT2D eigenvalue weighted by Gasteiger charge is -2.32. The van der Waals surface area contributed by atoms with Gasteiger partial charge in [-0.05, 0) is 30.9 Å². The van der Waals surface area contributed by atoms with Crippen molar-refractivity contribution in [3.05, 3.63) is 24.4 Å². The molecular weight excluding hydrogens is 252 g/mol. The highest BCUT2D eigenvalue weighted by molar-refractivity contribution is 7.86. The first-order valence-electron chi connectivity index (χ1n) is 6.05. The lowest BCUT2D eigenvalue weighted by Crippen LogP contribution is -2.36. The predicted molar refractivity (Wildman–Crippen MR) is 70.0 cm³/mol. The van der Waals surface area contributed by atoms with Gasteiger partial charge in [-0.3, -0.25) is 4.18 Å². The van der Waals surface area contributed by atoms with E-state index in [1.165, 1.54) is 7.11 Å². The van der Waals surface area contributed by atoms with E-state index in [0.29, 0.717) is 0 Å². The van der Waals surface area contributed by atoms with E-state index in [0.717, 1.165) is 31.7 Å². The molecule has 1 aliphatic heterocycles. The fraction of sp³-hybridized carbons (Fsp3) is 0.583. The first-order chi connectivity index (χ1) is 8.61. The lowest BCUT2D eigenvalue weighted by molar-refractivity contribution is 0.373. The van der Waals surface area contributed by atoms with Crippen LogP contribution in [0.2, 0.25) is 0 Å². The Bertz CT molecular complexity index is 467. The Kier molecular flexibility index (Phi) is 4.19. The molecule has 1 aromatic rings. The highest BCUT2D eigenvalue weighted by Gasteiger charge is 2.24. The predicted octanol–water partition coefficient (Wildman–Crippen LogP) is 1.27. The third-order valence-corrected chi connectivity index (χ3v) is 4.67. The Morgan fingerprint density at radius 1 is 1.39 bits per heavy atom. The van der Waals surface area contributed by atoms with Gasteiger partial charge in [0.2, 0.25) is 0 Å². The van der Waals surface area contributed by atoms with Crippen molar-refractivity contribution in [3.63, 3.8) is 0 Å². The SMILES string of the molecule is COS(=O)(=O)CC1CCN(c2ccccn2)CC1. The van der Waals surface area contributed by atoms with E-state index in [1.807, 2.05) is 18.2 Å². The molecule has 1 aromatic heterocycles. The first kappa shape index (κ1) is 13.3. The summed E-state index contributed by atoms with van der Waals surface area (Å²) in [5.41, 5.74) is 0. The molecule has 1 saturated heterocycles. The molecule has 0 saturated carbocycles. The van der Waals surface area contributed by atoms with Crippen LogP contribution in [0.1, 0.15) is 12.8 Å². The number of anilines is 1. The van der Waals surface area contributed by atoms with Crippen molar-refractivity contribution in [3.8, 4) is 0 Å². The summed E-state index contributed by atoms with van der Waals surface area (Å²) in [6, 6.07) is 5.83. The molecule has 0 aliphatic carbocycles. The molecule has 6 heteroatoms. The van der Waals surface area contributed by atoms with Crippen molar-refractivity contribution in [2.45, 2.75) is 12.8 Å². The van der Waals surface area contributed by atoms with E-state index >= 15 is 0 Å². The number of pyridine rings is 1. The molecule has 100 valence electrons. The Morgan fingerprint density at radius 2 is 2.11 bits per heavy atom. The molecule has 0 N–H and O–H groups in total. The molecule has 18 heavy (non-hydrogen) atoms. The lowest BCUT2D eigenvalue weighted by atomic mass is 9.99. The van der Waals surface area contributed by atoms with Gasteiger partial charge < -0.3 is 4.90 Å². The number of hydrogen-bond donors (Lipinski definition) is 0. The zero-order chi connectivity index (χ0) is 13.0. The second-order valence-electron chi connectivity index (χ2n) is 4.51. The smallest absolute Gasteiger partial charge is 0.267 e. The summed E-state index contributed by atoms with van der Waals surface area (Å²) in [6.07, 6.45) is 3.50. The topological polar surface area (TPSA) is 59.5 Å². The third kappa shape index (κ3) is 3.43. The number of piperidine rings is 1. The molecule has 0 radical (unpaired) electrons. The van der Waals surface area contributed by atoms with Gasteiger partial charge in [0.15, 0.2) is 0 Å². The third-order valence-electron chi connectivity index (χ3n) is 3.28. The Labute approximate surface area is 108 Å². The van der Waals surface area contributed by atoms with Crippen molar-refractivity contribution in [1.29, 1.82) is 0 Å². The summed E-state index contributed by atoms with van der Waals surface area (Å²) in [5.74, 6) is 1.28. The van der Waals surface area contributed by atoms with Gasteiger partial charge in [-0.2, -0.15) is 8.42 Å². The van der Waals surface area contributed by atoms with E-state index < -0.39 is 10.1 Å². The van der Waals surface area contributed by atoms with Gasteiger partial charge >= 0.3 is 0 Å². The minimum absolute atomic E-state index is 0.125. The molecule has 5 nitrogen and oxygen atoms in total. The minimum atomic E-state index is -3.34. The van der Waals surface area contributed by atoms with E-state index in [4.69, 9.17) is 0 Å². The van der Waals surface area contributed by atoms with Crippen LogP contribution in [-0.2, 0) is 14.3 Å². The van der Waals surface area contributed by atoms with Crippen LogP contribution in [0.4, 0.5) is 5.82 Å². The van der Waals surface area contributed by atoms with E-state index in [9.17, 15) is 8.42 Å². The Hall–Kier alpha value is -1.14. The maximum Gasteiger partial charge on any atom is 0.267 e. The van der Waals surface area contributed by atoms with Crippen molar-refractivity contribution < 1.29 is 12.6 Å². The Morgan fingerprint density at radius 3 is 2.67 bits per heavy atom. The largest absolute Gasteiger partial charge is 0.357 e. The zero-order valence-electron chi connectivity index (χ0n) is 10.4.